The van der Waals surface area contributed by atoms with Crippen molar-refractivity contribution in [2.45, 2.75) is 51.9 Å². The van der Waals surface area contributed by atoms with Crippen molar-refractivity contribution in [3.05, 3.63) is 70.5 Å². The number of hydrogen-bond acceptors (Lipinski definition) is 8. The van der Waals surface area contributed by atoms with E-state index in [1.165, 1.54) is 23.0 Å². The number of likely N-dealkylation sites (N-methyl/N-ethyl adjacent to an activating group) is 1. The predicted molar refractivity (Wildman–Crippen MR) is 173 cm³/mol. The summed E-state index contributed by atoms with van der Waals surface area (Å²) in [5.74, 6) is -1.36. The second-order valence-electron chi connectivity index (χ2n) is 12.1. The predicted octanol–water partition coefficient (Wildman–Crippen LogP) is 6.79. The number of thiophene rings is 1. The van der Waals surface area contributed by atoms with Crippen molar-refractivity contribution >= 4 is 21.4 Å². The highest BCUT2D eigenvalue weighted by Crippen LogP contribution is 2.47. The Hall–Kier alpha value is -3.77. The van der Waals surface area contributed by atoms with Crippen LogP contribution in [0.4, 0.5) is 8.78 Å². The number of hydrogen-bond donors (Lipinski definition) is 1. The van der Waals surface area contributed by atoms with E-state index in [2.05, 4.69) is 44.1 Å². The van der Waals surface area contributed by atoms with Crippen LogP contribution in [0.5, 0.6) is 5.75 Å². The van der Waals surface area contributed by atoms with Gasteiger partial charge in [-0.15, -0.1) is 11.3 Å². The Morgan fingerprint density at radius 2 is 1.89 bits per heavy atom. The summed E-state index contributed by atoms with van der Waals surface area (Å²) in [7, 11) is 3.68. The van der Waals surface area contributed by atoms with Gasteiger partial charge in [0.15, 0.2) is 0 Å². The molecule has 0 unspecified atom stereocenters. The number of rotatable bonds is 7. The van der Waals surface area contributed by atoms with Crippen molar-refractivity contribution in [2.75, 3.05) is 33.9 Å². The van der Waals surface area contributed by atoms with E-state index in [-0.39, 0.29) is 36.6 Å². The molecule has 5 aromatic rings. The van der Waals surface area contributed by atoms with E-state index >= 15 is 4.39 Å². The fourth-order valence-electron chi connectivity index (χ4n) is 6.39. The molecule has 2 aliphatic heterocycles. The summed E-state index contributed by atoms with van der Waals surface area (Å²) in [5, 5.41) is 11.4. The lowest BCUT2D eigenvalue weighted by Crippen LogP contribution is -2.35. The molecule has 0 bridgehead atoms. The number of fused-ring (bicyclic) bond motifs is 3. The average Bonchev–Trinajstić information content (AvgIpc) is 3.68. The monoisotopic (exact) mass is 630 g/mol. The van der Waals surface area contributed by atoms with Gasteiger partial charge in [-0.1, -0.05) is 0 Å². The van der Waals surface area contributed by atoms with Gasteiger partial charge < -0.3 is 14.8 Å². The van der Waals surface area contributed by atoms with Gasteiger partial charge in [0.25, 0.3) is 0 Å². The van der Waals surface area contributed by atoms with Crippen molar-refractivity contribution in [3.8, 4) is 39.5 Å². The molecular weight excluding hydrogens is 594 g/mol. The Morgan fingerprint density at radius 1 is 1.04 bits per heavy atom. The molecule has 0 fully saturated rings. The summed E-state index contributed by atoms with van der Waals surface area (Å²) in [4.78, 5) is 12.5. The molecule has 1 aromatic carbocycles. The third-order valence-corrected chi connectivity index (χ3v) is 9.94. The Morgan fingerprint density at radius 3 is 2.69 bits per heavy atom. The molecule has 8 nitrogen and oxygen atoms in total. The van der Waals surface area contributed by atoms with Gasteiger partial charge in [0.1, 0.15) is 35.4 Å². The number of pyridine rings is 2. The van der Waals surface area contributed by atoms with Gasteiger partial charge in [-0.25, -0.2) is 13.8 Å². The molecule has 0 saturated heterocycles. The molecule has 11 heteroatoms. The molecule has 234 valence electrons. The standard InChI is InChI=1S/C34H36F2N6O2S/c1-18-10-26-22(17-41(18)4)11-21(16-38-26)32-24-6-9-45-34(24)31(30-25(36)12-23(35)13-29(30)44-8-7-43-5)33(39-32)27-14-28-20(3)37-15-19(2)42(28)40-27/h6,9,11-14,16,18-20,37H,7-8,10,15,17H2,1-5H3/t18-,19+,20-/m1/s1. The van der Waals surface area contributed by atoms with E-state index in [0.29, 0.717) is 23.0 Å². The second kappa shape index (κ2) is 11.9. The lowest BCUT2D eigenvalue weighted by molar-refractivity contribution is 0.146. The summed E-state index contributed by atoms with van der Waals surface area (Å²) in [6, 6.07) is 8.94. The normalized spacial score (nSPS) is 19.9. The summed E-state index contributed by atoms with van der Waals surface area (Å²) in [6.45, 7) is 8.41. The minimum atomic E-state index is -0.729. The van der Waals surface area contributed by atoms with E-state index in [1.807, 2.05) is 28.4 Å². The highest BCUT2D eigenvalue weighted by Gasteiger charge is 2.30. The SMILES string of the molecule is COCCOc1cc(F)cc(F)c1-c1c(-c2cc3n(n2)[C@@H](C)CN[C@@H]3C)nc(-c2cnc3c(c2)CN(C)[C@H](C)C3)c2ccsc12. The van der Waals surface area contributed by atoms with Crippen LogP contribution in [0.25, 0.3) is 43.9 Å². The Labute approximate surface area is 265 Å². The van der Waals surface area contributed by atoms with Crippen LogP contribution < -0.4 is 10.1 Å². The topological polar surface area (TPSA) is 77.3 Å². The van der Waals surface area contributed by atoms with Crippen molar-refractivity contribution in [1.82, 2.24) is 30.0 Å². The van der Waals surface area contributed by atoms with Crippen molar-refractivity contribution in [1.29, 1.82) is 0 Å². The molecule has 4 aromatic heterocycles. The minimum absolute atomic E-state index is 0.0792. The van der Waals surface area contributed by atoms with Crippen LogP contribution in [0.2, 0.25) is 0 Å². The maximum absolute atomic E-state index is 16.0. The van der Waals surface area contributed by atoms with Crippen LogP contribution in [0.1, 0.15) is 49.8 Å². The fourth-order valence-corrected chi connectivity index (χ4v) is 7.34. The highest BCUT2D eigenvalue weighted by molar-refractivity contribution is 7.18. The number of halogens is 2. The van der Waals surface area contributed by atoms with E-state index < -0.39 is 11.6 Å². The first-order valence-electron chi connectivity index (χ1n) is 15.3. The van der Waals surface area contributed by atoms with E-state index in [1.54, 1.807) is 7.11 Å². The van der Waals surface area contributed by atoms with Crippen LogP contribution in [-0.2, 0) is 17.7 Å². The molecule has 45 heavy (non-hydrogen) atoms. The van der Waals surface area contributed by atoms with Gasteiger partial charge >= 0.3 is 0 Å². The third kappa shape index (κ3) is 5.31. The highest BCUT2D eigenvalue weighted by atomic mass is 32.1. The van der Waals surface area contributed by atoms with Gasteiger partial charge in [-0.2, -0.15) is 5.10 Å². The first kappa shape index (κ1) is 29.9. The zero-order valence-corrected chi connectivity index (χ0v) is 26.8. The number of benzene rings is 1. The van der Waals surface area contributed by atoms with Crippen molar-refractivity contribution in [2.24, 2.45) is 0 Å². The number of ether oxygens (including phenoxy) is 2. The van der Waals surface area contributed by atoms with E-state index in [0.717, 1.165) is 58.3 Å². The average molecular weight is 631 g/mol. The number of aromatic nitrogens is 4. The Kier molecular flexibility index (Phi) is 7.89. The first-order valence-corrected chi connectivity index (χ1v) is 16.1. The van der Waals surface area contributed by atoms with Crippen LogP contribution >= 0.6 is 11.3 Å². The third-order valence-electron chi connectivity index (χ3n) is 9.00. The zero-order valence-electron chi connectivity index (χ0n) is 26.0. The molecule has 1 N–H and O–H groups in total. The van der Waals surface area contributed by atoms with Crippen LogP contribution in [-0.4, -0.2) is 64.6 Å². The summed E-state index contributed by atoms with van der Waals surface area (Å²) in [6.07, 6.45) is 2.78. The summed E-state index contributed by atoms with van der Waals surface area (Å²) in [5.41, 5.74) is 6.73. The minimum Gasteiger partial charge on any atom is -0.490 e. The number of nitrogens with one attached hydrogen (secondary N) is 1. The lowest BCUT2D eigenvalue weighted by Gasteiger charge is -2.31. The van der Waals surface area contributed by atoms with E-state index in [4.69, 9.17) is 24.5 Å². The number of nitrogens with zero attached hydrogens (tertiary/aromatic N) is 5. The quantitative estimate of drug-likeness (QED) is 0.198. The largest absolute Gasteiger partial charge is 0.490 e. The van der Waals surface area contributed by atoms with Gasteiger partial charge in [-0.05, 0) is 57.0 Å². The molecule has 0 radical (unpaired) electrons. The molecule has 0 amide bonds. The van der Waals surface area contributed by atoms with Crippen molar-refractivity contribution < 1.29 is 18.3 Å². The molecule has 6 heterocycles. The van der Waals surface area contributed by atoms with Crippen LogP contribution in [0, 0.1) is 11.6 Å². The van der Waals surface area contributed by atoms with Crippen LogP contribution in [0.3, 0.4) is 0 Å². The van der Waals surface area contributed by atoms with E-state index in [9.17, 15) is 4.39 Å². The lowest BCUT2D eigenvalue weighted by atomic mass is 9.95. The molecule has 3 atom stereocenters. The molecule has 7 rings (SSSR count). The fraction of sp³-hybridized carbons (Fsp3) is 0.382. The zero-order chi connectivity index (χ0) is 31.4. The summed E-state index contributed by atoms with van der Waals surface area (Å²) >= 11 is 1.49. The molecule has 0 spiro atoms. The second-order valence-corrected chi connectivity index (χ2v) is 13.0. The van der Waals surface area contributed by atoms with Gasteiger partial charge in [0.2, 0.25) is 0 Å². The maximum Gasteiger partial charge on any atom is 0.137 e. The Balaban J connectivity index is 1.50. The molecule has 0 aliphatic carbocycles. The van der Waals surface area contributed by atoms with Gasteiger partial charge in [0, 0.05) is 83.9 Å². The van der Waals surface area contributed by atoms with Crippen LogP contribution in [0.15, 0.2) is 41.9 Å². The summed E-state index contributed by atoms with van der Waals surface area (Å²) < 4.78 is 44.6. The smallest absolute Gasteiger partial charge is 0.137 e. The van der Waals surface area contributed by atoms with Gasteiger partial charge in [0.05, 0.1) is 29.6 Å². The molecule has 0 saturated carbocycles. The Bertz CT molecular complexity index is 1880. The maximum atomic E-state index is 16.0. The van der Waals surface area contributed by atoms with Crippen molar-refractivity contribution in [3.63, 3.8) is 0 Å². The van der Waals surface area contributed by atoms with Gasteiger partial charge in [-0.3, -0.25) is 14.6 Å². The molecule has 2 aliphatic rings. The molecular formula is C34H36F2N6O2S. The first-order chi connectivity index (χ1) is 21.7. The number of methoxy groups -OCH3 is 1.